The zero-order valence-electron chi connectivity index (χ0n) is 16.1. The molecule has 6 nitrogen and oxygen atoms in total. The van der Waals surface area contributed by atoms with Crippen molar-refractivity contribution < 1.29 is 14.0 Å². The predicted molar refractivity (Wildman–Crippen MR) is 110 cm³/mol. The van der Waals surface area contributed by atoms with Crippen LogP contribution in [-0.4, -0.2) is 28.9 Å². The van der Waals surface area contributed by atoms with E-state index in [1.54, 1.807) is 12.1 Å². The van der Waals surface area contributed by atoms with Crippen molar-refractivity contribution in [1.82, 2.24) is 10.3 Å². The van der Waals surface area contributed by atoms with Crippen molar-refractivity contribution in [2.24, 2.45) is 0 Å². The van der Waals surface area contributed by atoms with Crippen LogP contribution in [-0.2, 0) is 9.59 Å². The van der Waals surface area contributed by atoms with E-state index in [-0.39, 0.29) is 18.2 Å². The van der Waals surface area contributed by atoms with Crippen LogP contribution < -0.4 is 10.2 Å². The van der Waals surface area contributed by atoms with E-state index in [9.17, 15) is 9.59 Å². The molecule has 148 valence electrons. The number of carbonyl (C=O) groups is 2. The van der Waals surface area contributed by atoms with Gasteiger partial charge >= 0.3 is 0 Å². The van der Waals surface area contributed by atoms with Gasteiger partial charge in [-0.05, 0) is 49.2 Å². The standard InChI is InChI=1S/C23H23N3O3/c27-21-14-19(24-16-6-2-1-3-7-16)23(28)26(21)17-12-10-15(11-13-17)22-25-18-8-4-5-9-20(18)29-22/h4-5,8-13,16,19,24H,1-3,6-7,14H2. The van der Waals surface area contributed by atoms with Gasteiger partial charge in [-0.3, -0.25) is 9.59 Å². The Kier molecular flexibility index (Phi) is 4.64. The Morgan fingerprint density at radius 3 is 2.48 bits per heavy atom. The summed E-state index contributed by atoms with van der Waals surface area (Å²) in [4.78, 5) is 31.2. The highest BCUT2D eigenvalue weighted by atomic mass is 16.3. The molecule has 1 saturated carbocycles. The minimum Gasteiger partial charge on any atom is -0.436 e. The summed E-state index contributed by atoms with van der Waals surface area (Å²) in [6, 6.07) is 14.8. The lowest BCUT2D eigenvalue weighted by Crippen LogP contribution is -2.44. The van der Waals surface area contributed by atoms with Crippen molar-refractivity contribution in [3.05, 3.63) is 48.5 Å². The second-order valence-electron chi connectivity index (χ2n) is 7.86. The van der Waals surface area contributed by atoms with Crippen molar-refractivity contribution in [2.45, 2.75) is 50.6 Å². The summed E-state index contributed by atoms with van der Waals surface area (Å²) in [5.41, 5.74) is 2.93. The Labute approximate surface area is 168 Å². The Morgan fingerprint density at radius 1 is 0.966 bits per heavy atom. The van der Waals surface area contributed by atoms with Gasteiger partial charge in [-0.15, -0.1) is 0 Å². The number of aromatic nitrogens is 1. The average molecular weight is 389 g/mol. The molecule has 2 fully saturated rings. The van der Waals surface area contributed by atoms with Crippen LogP contribution in [0.25, 0.3) is 22.6 Å². The van der Waals surface area contributed by atoms with Gasteiger partial charge in [0.2, 0.25) is 11.8 Å². The van der Waals surface area contributed by atoms with E-state index in [0.29, 0.717) is 17.6 Å². The fourth-order valence-corrected chi connectivity index (χ4v) is 4.34. The SMILES string of the molecule is O=C1CC(NC2CCCCC2)C(=O)N1c1ccc(-c2nc3ccccc3o2)cc1. The summed E-state index contributed by atoms with van der Waals surface area (Å²) in [6.45, 7) is 0. The molecular weight excluding hydrogens is 366 g/mol. The molecule has 0 radical (unpaired) electrons. The van der Waals surface area contributed by atoms with Crippen LogP contribution in [0.5, 0.6) is 0 Å². The first-order chi connectivity index (χ1) is 14.2. The van der Waals surface area contributed by atoms with E-state index < -0.39 is 6.04 Å². The quantitative estimate of drug-likeness (QED) is 0.682. The van der Waals surface area contributed by atoms with Crippen LogP contribution in [0.3, 0.4) is 0 Å². The second-order valence-corrected chi connectivity index (χ2v) is 7.86. The third-order valence-electron chi connectivity index (χ3n) is 5.86. The molecule has 5 rings (SSSR count). The van der Waals surface area contributed by atoms with Crippen LogP contribution >= 0.6 is 0 Å². The number of fused-ring (bicyclic) bond motifs is 1. The predicted octanol–water partition coefficient (Wildman–Crippen LogP) is 4.05. The molecule has 2 aromatic carbocycles. The molecule has 2 heterocycles. The van der Waals surface area contributed by atoms with Gasteiger partial charge in [0.15, 0.2) is 5.58 Å². The largest absolute Gasteiger partial charge is 0.436 e. The first-order valence-electron chi connectivity index (χ1n) is 10.3. The monoisotopic (exact) mass is 389 g/mol. The van der Waals surface area contributed by atoms with E-state index in [1.807, 2.05) is 36.4 Å². The van der Waals surface area contributed by atoms with Gasteiger partial charge in [0.05, 0.1) is 18.2 Å². The number of para-hydroxylation sites is 2. The molecule has 2 amide bonds. The van der Waals surface area contributed by atoms with Crippen LogP contribution in [0.2, 0.25) is 0 Å². The molecule has 1 aromatic heterocycles. The number of amides is 2. The molecule has 1 N–H and O–H groups in total. The van der Waals surface area contributed by atoms with Crippen LogP contribution in [0.4, 0.5) is 5.69 Å². The van der Waals surface area contributed by atoms with Gasteiger partial charge in [-0.2, -0.15) is 0 Å². The third kappa shape index (κ3) is 3.44. The fraction of sp³-hybridized carbons (Fsp3) is 0.348. The van der Waals surface area contributed by atoms with Crippen LogP contribution in [0, 0.1) is 0 Å². The van der Waals surface area contributed by atoms with Gasteiger partial charge in [-0.1, -0.05) is 31.4 Å². The second kappa shape index (κ2) is 7.44. The maximum Gasteiger partial charge on any atom is 0.251 e. The van der Waals surface area contributed by atoms with Gasteiger partial charge < -0.3 is 9.73 Å². The molecule has 1 aliphatic carbocycles. The van der Waals surface area contributed by atoms with Crippen molar-refractivity contribution in [3.8, 4) is 11.5 Å². The first-order valence-corrected chi connectivity index (χ1v) is 10.3. The van der Waals surface area contributed by atoms with Gasteiger partial charge in [0.25, 0.3) is 5.91 Å². The van der Waals surface area contributed by atoms with Crippen LogP contribution in [0.1, 0.15) is 38.5 Å². The number of oxazole rings is 1. The number of imide groups is 1. The average Bonchev–Trinajstić information content (AvgIpc) is 3.30. The van der Waals surface area contributed by atoms with E-state index in [4.69, 9.17) is 4.42 Å². The molecule has 1 atom stereocenters. The highest BCUT2D eigenvalue weighted by molar-refractivity contribution is 6.22. The minimum absolute atomic E-state index is 0.155. The summed E-state index contributed by atoms with van der Waals surface area (Å²) < 4.78 is 5.79. The summed E-state index contributed by atoms with van der Waals surface area (Å²) in [7, 11) is 0. The number of rotatable bonds is 4. The van der Waals surface area contributed by atoms with Gasteiger partial charge in [-0.25, -0.2) is 9.88 Å². The highest BCUT2D eigenvalue weighted by Crippen LogP contribution is 2.29. The number of hydrogen-bond donors (Lipinski definition) is 1. The lowest BCUT2D eigenvalue weighted by atomic mass is 9.95. The number of benzene rings is 2. The topological polar surface area (TPSA) is 75.4 Å². The van der Waals surface area contributed by atoms with E-state index in [1.165, 1.54) is 24.2 Å². The maximum atomic E-state index is 12.9. The maximum absolute atomic E-state index is 12.9. The first kappa shape index (κ1) is 18.1. The fourth-order valence-electron chi connectivity index (χ4n) is 4.34. The molecule has 3 aromatic rings. The Bertz CT molecular complexity index is 1020. The third-order valence-corrected chi connectivity index (χ3v) is 5.86. The van der Waals surface area contributed by atoms with Gasteiger partial charge in [0, 0.05) is 11.6 Å². The molecule has 0 bridgehead atoms. The molecule has 1 saturated heterocycles. The number of hydrogen-bond acceptors (Lipinski definition) is 5. The molecule has 0 spiro atoms. The molecule has 2 aliphatic rings. The number of nitrogens with zero attached hydrogens (tertiary/aromatic N) is 2. The van der Waals surface area contributed by atoms with E-state index >= 15 is 0 Å². The van der Waals surface area contributed by atoms with Crippen molar-refractivity contribution in [3.63, 3.8) is 0 Å². The molecular formula is C23H23N3O3. The van der Waals surface area contributed by atoms with Crippen LogP contribution in [0.15, 0.2) is 52.9 Å². The summed E-state index contributed by atoms with van der Waals surface area (Å²) in [5, 5.41) is 3.41. The lowest BCUT2D eigenvalue weighted by molar-refractivity contribution is -0.121. The zero-order chi connectivity index (χ0) is 19.8. The molecule has 6 heteroatoms. The van der Waals surface area contributed by atoms with Gasteiger partial charge in [0.1, 0.15) is 5.52 Å². The number of carbonyl (C=O) groups excluding carboxylic acids is 2. The normalized spacial score (nSPS) is 20.7. The smallest absolute Gasteiger partial charge is 0.251 e. The van der Waals surface area contributed by atoms with E-state index in [0.717, 1.165) is 29.5 Å². The molecule has 29 heavy (non-hydrogen) atoms. The number of nitrogens with one attached hydrogen (secondary N) is 1. The summed E-state index contributed by atoms with van der Waals surface area (Å²) in [6.07, 6.45) is 6.02. The summed E-state index contributed by atoms with van der Waals surface area (Å²) >= 11 is 0. The number of anilines is 1. The lowest BCUT2D eigenvalue weighted by Gasteiger charge is -2.25. The zero-order valence-corrected chi connectivity index (χ0v) is 16.1. The Hall–Kier alpha value is -2.99. The van der Waals surface area contributed by atoms with E-state index in [2.05, 4.69) is 10.3 Å². The Morgan fingerprint density at radius 2 is 1.72 bits per heavy atom. The summed E-state index contributed by atoms with van der Waals surface area (Å²) in [5.74, 6) is 0.210. The molecule has 1 aliphatic heterocycles. The highest BCUT2D eigenvalue weighted by Gasteiger charge is 2.40. The van der Waals surface area contributed by atoms with Crippen molar-refractivity contribution in [2.75, 3.05) is 4.90 Å². The molecule has 1 unspecified atom stereocenters. The van der Waals surface area contributed by atoms with Crippen molar-refractivity contribution in [1.29, 1.82) is 0 Å². The minimum atomic E-state index is -0.415. The Balaban J connectivity index is 1.33. The van der Waals surface area contributed by atoms with Crippen molar-refractivity contribution >= 4 is 28.6 Å².